The molecule has 3 aromatic carbocycles. The molecule has 4 rings (SSSR count). The monoisotopic (exact) mass is 519 g/mol. The molecule has 0 bridgehead atoms. The van der Waals surface area contributed by atoms with Crippen LogP contribution in [0.3, 0.4) is 0 Å². The smallest absolute Gasteiger partial charge is 0.318 e. The van der Waals surface area contributed by atoms with Crippen molar-refractivity contribution in [3.63, 3.8) is 0 Å². The van der Waals surface area contributed by atoms with Gasteiger partial charge in [-0.15, -0.1) is 0 Å². The molecule has 3 aromatic rings. The molecule has 178 valence electrons. The van der Waals surface area contributed by atoms with Crippen LogP contribution < -0.4 is 0 Å². The van der Waals surface area contributed by atoms with E-state index in [9.17, 15) is 9.59 Å². The predicted molar refractivity (Wildman–Crippen MR) is 146 cm³/mol. The predicted octanol–water partition coefficient (Wildman–Crippen LogP) is 8.33. The summed E-state index contributed by atoms with van der Waals surface area (Å²) in [5, 5.41) is 3.79. The summed E-state index contributed by atoms with van der Waals surface area (Å²) in [7, 11) is 0. The SMILES string of the molecule is CCCC/C(=N\OC(C)=O)C(=O)c1ccc(Sc2ccc(C=C3Sc4ccccc4S3)cc2)cc1. The topological polar surface area (TPSA) is 55.7 Å². The minimum absolute atomic E-state index is 0.210. The van der Waals surface area contributed by atoms with Gasteiger partial charge < -0.3 is 4.84 Å². The lowest BCUT2D eigenvalue weighted by atomic mass is 10.0. The van der Waals surface area contributed by atoms with Crippen LogP contribution in [-0.4, -0.2) is 17.5 Å². The second-order valence-corrected chi connectivity index (χ2v) is 11.4. The summed E-state index contributed by atoms with van der Waals surface area (Å²) < 4.78 is 1.28. The molecule has 0 aromatic heterocycles. The Morgan fingerprint density at radius 3 is 2.09 bits per heavy atom. The normalized spacial score (nSPS) is 12.9. The van der Waals surface area contributed by atoms with Gasteiger partial charge in [0.15, 0.2) is 0 Å². The van der Waals surface area contributed by atoms with Gasteiger partial charge in [-0.2, -0.15) is 0 Å². The van der Waals surface area contributed by atoms with Crippen LogP contribution in [0.2, 0.25) is 0 Å². The lowest BCUT2D eigenvalue weighted by Gasteiger charge is -2.07. The van der Waals surface area contributed by atoms with Gasteiger partial charge in [0.2, 0.25) is 5.78 Å². The number of benzene rings is 3. The zero-order chi connectivity index (χ0) is 24.6. The maximum absolute atomic E-state index is 12.8. The van der Waals surface area contributed by atoms with E-state index in [-0.39, 0.29) is 11.5 Å². The van der Waals surface area contributed by atoms with E-state index in [0.29, 0.717) is 12.0 Å². The first-order valence-corrected chi connectivity index (χ1v) is 13.8. The number of thioether (sulfide) groups is 2. The van der Waals surface area contributed by atoms with Crippen molar-refractivity contribution in [2.24, 2.45) is 5.16 Å². The van der Waals surface area contributed by atoms with E-state index >= 15 is 0 Å². The molecule has 0 N–H and O–H groups in total. The molecule has 1 aliphatic rings. The van der Waals surface area contributed by atoms with Gasteiger partial charge >= 0.3 is 5.97 Å². The van der Waals surface area contributed by atoms with E-state index in [1.807, 2.05) is 42.6 Å². The summed E-state index contributed by atoms with van der Waals surface area (Å²) in [5.41, 5.74) is 1.98. The number of hydrogen-bond donors (Lipinski definition) is 0. The number of Topliss-reactive ketones (excluding diaryl/α,β-unsaturated/α-hetero) is 1. The number of fused-ring (bicyclic) bond motifs is 1. The Kier molecular flexibility index (Phi) is 8.90. The van der Waals surface area contributed by atoms with Gasteiger partial charge in [0.1, 0.15) is 5.71 Å². The highest BCUT2D eigenvalue weighted by Crippen LogP contribution is 2.51. The van der Waals surface area contributed by atoms with Crippen LogP contribution in [0, 0.1) is 0 Å². The molecule has 0 fully saturated rings. The van der Waals surface area contributed by atoms with Crippen molar-refractivity contribution < 1.29 is 14.4 Å². The first-order chi connectivity index (χ1) is 17.0. The van der Waals surface area contributed by atoms with Crippen LogP contribution in [0.15, 0.2) is 102 Å². The molecule has 1 aliphatic heterocycles. The average molecular weight is 520 g/mol. The summed E-state index contributed by atoms with van der Waals surface area (Å²) in [6.45, 7) is 3.31. The number of carbonyl (C=O) groups excluding carboxylic acids is 2. The Hall–Kier alpha value is -2.74. The van der Waals surface area contributed by atoms with Gasteiger partial charge in [0.25, 0.3) is 0 Å². The Balaban J connectivity index is 1.38. The van der Waals surface area contributed by atoms with Gasteiger partial charge in [-0.3, -0.25) is 4.79 Å². The molecule has 0 spiro atoms. The minimum Gasteiger partial charge on any atom is -0.318 e. The van der Waals surface area contributed by atoms with Gasteiger partial charge in [-0.25, -0.2) is 4.79 Å². The standard InChI is InChI=1S/C28H25NO3S3/c1-3-4-7-24(29-32-19(2)30)28(31)21-12-16-23(17-13-21)33-22-14-10-20(11-15-22)18-27-34-25-8-5-6-9-26(25)35-27/h5-6,8-18H,3-4,7H2,1-2H3/b29-24+. The lowest BCUT2D eigenvalue weighted by molar-refractivity contribution is -0.140. The zero-order valence-corrected chi connectivity index (χ0v) is 22.0. The minimum atomic E-state index is -0.536. The molecule has 1 heterocycles. The van der Waals surface area contributed by atoms with Gasteiger partial charge in [0, 0.05) is 32.1 Å². The molecule has 0 radical (unpaired) electrons. The summed E-state index contributed by atoms with van der Waals surface area (Å²) >= 11 is 5.26. The first-order valence-electron chi connectivity index (χ1n) is 11.4. The average Bonchev–Trinajstić information content (AvgIpc) is 3.27. The van der Waals surface area contributed by atoms with Gasteiger partial charge in [-0.05, 0) is 73.0 Å². The molecule has 0 saturated heterocycles. The van der Waals surface area contributed by atoms with Crippen LogP contribution in [0.1, 0.15) is 49.0 Å². The van der Waals surface area contributed by atoms with Crippen molar-refractivity contribution in [2.75, 3.05) is 0 Å². The first kappa shape index (κ1) is 25.4. The van der Waals surface area contributed by atoms with Crippen molar-refractivity contribution >= 4 is 58.8 Å². The van der Waals surface area contributed by atoms with Gasteiger partial charge in [0.05, 0.1) is 4.24 Å². The number of hydrogen-bond acceptors (Lipinski definition) is 7. The number of carbonyl (C=O) groups is 2. The summed E-state index contributed by atoms with van der Waals surface area (Å²) in [6, 6.07) is 24.4. The van der Waals surface area contributed by atoms with Crippen molar-refractivity contribution in [3.05, 3.63) is 88.2 Å². The maximum Gasteiger partial charge on any atom is 0.331 e. The highest BCUT2D eigenvalue weighted by atomic mass is 32.2. The van der Waals surface area contributed by atoms with Crippen LogP contribution in [0.5, 0.6) is 0 Å². The fourth-order valence-corrected chi connectivity index (χ4v) is 6.55. The molecule has 4 nitrogen and oxygen atoms in total. The Bertz CT molecular complexity index is 1240. The van der Waals surface area contributed by atoms with Crippen LogP contribution in [0.4, 0.5) is 0 Å². The fraction of sp³-hybridized carbons (Fsp3) is 0.179. The fourth-order valence-electron chi connectivity index (χ4n) is 3.32. The highest BCUT2D eigenvalue weighted by molar-refractivity contribution is 8.24. The number of nitrogens with zero attached hydrogens (tertiary/aromatic N) is 1. The zero-order valence-electron chi connectivity index (χ0n) is 19.5. The van der Waals surface area contributed by atoms with Gasteiger partial charge in [-0.1, -0.05) is 78.1 Å². The summed E-state index contributed by atoms with van der Waals surface area (Å²) in [6.07, 6.45) is 4.42. The number of oxime groups is 1. The number of rotatable bonds is 9. The Morgan fingerprint density at radius 1 is 0.914 bits per heavy atom. The van der Waals surface area contributed by atoms with E-state index in [4.69, 9.17) is 4.84 Å². The van der Waals surface area contributed by atoms with Crippen LogP contribution in [-0.2, 0) is 9.63 Å². The molecule has 0 amide bonds. The van der Waals surface area contributed by atoms with E-state index in [0.717, 1.165) is 22.6 Å². The van der Waals surface area contributed by atoms with Crippen LogP contribution in [0.25, 0.3) is 6.08 Å². The van der Waals surface area contributed by atoms with Crippen molar-refractivity contribution in [1.29, 1.82) is 0 Å². The van der Waals surface area contributed by atoms with E-state index in [1.54, 1.807) is 23.9 Å². The maximum atomic E-state index is 12.8. The highest BCUT2D eigenvalue weighted by Gasteiger charge is 2.17. The Labute approximate surface area is 218 Å². The second-order valence-electron chi connectivity index (χ2n) is 7.86. The van der Waals surface area contributed by atoms with Crippen molar-refractivity contribution in [1.82, 2.24) is 0 Å². The molecule has 0 unspecified atom stereocenters. The third kappa shape index (κ3) is 7.13. The van der Waals surface area contributed by atoms with Crippen molar-refractivity contribution in [2.45, 2.75) is 52.7 Å². The number of unbranched alkanes of at least 4 members (excludes halogenated alkanes) is 1. The third-order valence-electron chi connectivity index (χ3n) is 5.10. The van der Waals surface area contributed by atoms with E-state index < -0.39 is 5.97 Å². The molecule has 0 saturated carbocycles. The quantitative estimate of drug-likeness (QED) is 0.123. The van der Waals surface area contributed by atoms with E-state index in [1.165, 1.54) is 26.5 Å². The molecule has 0 atom stereocenters. The molecular weight excluding hydrogens is 495 g/mol. The Morgan fingerprint density at radius 2 is 1.51 bits per heavy atom. The summed E-state index contributed by atoms with van der Waals surface area (Å²) in [4.78, 5) is 33.5. The number of ketones is 1. The second kappa shape index (κ2) is 12.3. The molecule has 35 heavy (non-hydrogen) atoms. The summed E-state index contributed by atoms with van der Waals surface area (Å²) in [5.74, 6) is -0.745. The third-order valence-corrected chi connectivity index (χ3v) is 8.54. The molecule has 0 aliphatic carbocycles. The molecular formula is C28H25NO3S3. The van der Waals surface area contributed by atoms with Crippen LogP contribution >= 0.6 is 35.3 Å². The molecule has 7 heteroatoms. The largest absolute Gasteiger partial charge is 0.331 e. The lowest BCUT2D eigenvalue weighted by Crippen LogP contribution is -2.15. The van der Waals surface area contributed by atoms with E-state index in [2.05, 4.69) is 59.8 Å². The van der Waals surface area contributed by atoms with Crippen molar-refractivity contribution in [3.8, 4) is 0 Å².